The number of benzene rings is 1. The van der Waals surface area contributed by atoms with E-state index in [9.17, 15) is 47.9 Å². The molecule has 4 atom stereocenters. The monoisotopic (exact) mass is 1300 g/mol. The Morgan fingerprint density at radius 1 is 0.543 bits per heavy atom. The van der Waals surface area contributed by atoms with Gasteiger partial charge in [-0.15, -0.1) is 5.10 Å². The number of hydrogen-bond donors (Lipinski definition) is 0. The van der Waals surface area contributed by atoms with Crippen molar-refractivity contribution in [2.75, 3.05) is 159 Å². The SMILES string of the molecule is CC(=O)CC(Cc1cn(C)nn1)N1C(=O)C=CC1=O.CCC1CC(N2C(=O)C=CC2=O)C(=O)N1CC(C)=O.COCCOCCOCCOCCOCCOCCOCCOCCOCCOCCOCCOc1ccc(CC(C(C)=O)N2C(=O)C=CC2=O)cc1C. The number of carbonyl (C=O) groups is 10. The van der Waals surface area contributed by atoms with Crippen LogP contribution in [0.5, 0.6) is 5.75 Å². The number of imide groups is 3. The molecule has 0 saturated carbocycles. The van der Waals surface area contributed by atoms with Crippen LogP contribution < -0.4 is 4.74 Å². The predicted octanol–water partition coefficient (Wildman–Crippen LogP) is 1.12. The predicted molar refractivity (Wildman–Crippen MR) is 327 cm³/mol. The van der Waals surface area contributed by atoms with Gasteiger partial charge in [0, 0.05) is 82.1 Å². The first-order chi connectivity index (χ1) is 44.4. The fraction of sp³-hybridized carbons (Fsp3) is 0.619. The smallest absolute Gasteiger partial charge is 0.254 e. The second-order valence-corrected chi connectivity index (χ2v) is 21.2. The molecule has 0 N–H and O–H groups in total. The molecule has 1 fully saturated rings. The summed E-state index contributed by atoms with van der Waals surface area (Å²) in [5, 5.41) is 7.71. The van der Waals surface area contributed by atoms with Crippen LogP contribution in [-0.4, -0.2) is 276 Å². The zero-order chi connectivity index (χ0) is 67.0. The molecule has 1 aromatic carbocycles. The van der Waals surface area contributed by atoms with Crippen LogP contribution in [0.4, 0.5) is 0 Å². The molecule has 7 amide bonds. The van der Waals surface area contributed by atoms with E-state index in [1.54, 1.807) is 20.4 Å². The van der Waals surface area contributed by atoms with Crippen molar-refractivity contribution in [2.24, 2.45) is 7.05 Å². The average Bonchev–Trinajstić information content (AvgIpc) is 1.66. The van der Waals surface area contributed by atoms with Gasteiger partial charge in [-0.2, -0.15) is 0 Å². The lowest BCUT2D eigenvalue weighted by Gasteiger charge is -2.24. The number of likely N-dealkylation sites (tertiary alicyclic amines) is 1. The fourth-order valence-corrected chi connectivity index (χ4v) is 9.51. The molecule has 1 aromatic heterocycles. The minimum atomic E-state index is -0.840. The topological polar surface area (TPSA) is 325 Å². The van der Waals surface area contributed by atoms with Crippen molar-refractivity contribution in [1.29, 1.82) is 0 Å². The molecule has 92 heavy (non-hydrogen) atoms. The molecule has 4 aliphatic heterocycles. The Morgan fingerprint density at radius 2 is 0.957 bits per heavy atom. The summed E-state index contributed by atoms with van der Waals surface area (Å²) in [6, 6.07) is 3.33. The fourth-order valence-electron chi connectivity index (χ4n) is 9.51. The minimum absolute atomic E-state index is 0.0392. The number of aryl methyl sites for hydroxylation is 2. The van der Waals surface area contributed by atoms with Gasteiger partial charge in [-0.3, -0.25) is 67.3 Å². The first-order valence-electron chi connectivity index (χ1n) is 30.7. The molecular weight excluding hydrogens is 1210 g/mol. The lowest BCUT2D eigenvalue weighted by molar-refractivity contribution is -0.147. The molecule has 6 rings (SSSR count). The molecule has 0 bridgehead atoms. The standard InChI is InChI=1S/C38H61NO15.C13H16N2O4.C12H14N4O3/c1-32-30-34(31-35(33(2)40)39-37(41)6-7-38(39)42)4-5-36(32)54-29-28-53-27-26-52-25-24-51-23-22-50-21-20-49-19-18-48-17-16-47-15-14-46-13-12-45-11-10-44-9-8-43-3;1-3-9-6-10(13(19)14(9)7-8(2)16)15-11(17)4-5-12(15)18;1-8(17)5-10(6-9-7-15(2)14-13-9)16-11(18)3-4-12(16)19/h4-7,30,35H,8-29,31H2,1-3H3;4-5,9-10H,3,6-7H2,1-2H3;3-4,7,10H,5-6H2,1-2H3. The minimum Gasteiger partial charge on any atom is -0.491 e. The number of amides is 7. The maximum absolute atomic E-state index is 12.3. The summed E-state index contributed by atoms with van der Waals surface area (Å²) in [6.07, 6.45) is 10.6. The van der Waals surface area contributed by atoms with Crippen molar-refractivity contribution in [3.63, 3.8) is 0 Å². The Morgan fingerprint density at radius 3 is 1.33 bits per heavy atom. The van der Waals surface area contributed by atoms with Crippen molar-refractivity contribution < 1.29 is 105 Å². The van der Waals surface area contributed by atoms with E-state index in [-0.39, 0.29) is 60.5 Å². The Hall–Kier alpha value is -7.16. The van der Waals surface area contributed by atoms with Crippen LogP contribution in [0.25, 0.3) is 0 Å². The number of carbonyl (C=O) groups excluding carboxylic acids is 10. The first-order valence-corrected chi connectivity index (χ1v) is 30.7. The van der Waals surface area contributed by atoms with E-state index in [2.05, 4.69) is 10.3 Å². The Balaban J connectivity index is 0.000000379. The Kier molecular flexibility index (Phi) is 37.3. The number of ether oxygens (including phenoxy) is 12. The quantitative estimate of drug-likeness (QED) is 0.0662. The van der Waals surface area contributed by atoms with Gasteiger partial charge in [0.05, 0.1) is 157 Å². The van der Waals surface area contributed by atoms with Crippen LogP contribution in [0.1, 0.15) is 63.8 Å². The zero-order valence-electron chi connectivity index (χ0n) is 54.0. The summed E-state index contributed by atoms with van der Waals surface area (Å²) in [4.78, 5) is 122. The normalized spacial score (nSPS) is 16.7. The maximum Gasteiger partial charge on any atom is 0.254 e. The summed E-state index contributed by atoms with van der Waals surface area (Å²) in [6.45, 7) is 18.8. The van der Waals surface area contributed by atoms with Crippen LogP contribution in [0.2, 0.25) is 0 Å². The maximum atomic E-state index is 12.3. The highest BCUT2D eigenvalue weighted by Crippen LogP contribution is 2.28. The highest BCUT2D eigenvalue weighted by atomic mass is 16.6. The first kappa shape index (κ1) is 77.3. The third kappa shape index (κ3) is 28.8. The summed E-state index contributed by atoms with van der Waals surface area (Å²) in [7, 11) is 3.37. The third-order valence-corrected chi connectivity index (χ3v) is 13.9. The van der Waals surface area contributed by atoms with Gasteiger partial charge < -0.3 is 61.7 Å². The molecule has 2 aromatic rings. The number of rotatable bonds is 47. The van der Waals surface area contributed by atoms with Crippen molar-refractivity contribution in [3.8, 4) is 5.75 Å². The van der Waals surface area contributed by atoms with E-state index >= 15 is 0 Å². The van der Waals surface area contributed by atoms with E-state index in [1.165, 1.54) is 66.8 Å². The second kappa shape index (κ2) is 44.4. The molecule has 1 saturated heterocycles. The van der Waals surface area contributed by atoms with Crippen LogP contribution in [0.15, 0.2) is 60.9 Å². The van der Waals surface area contributed by atoms with Gasteiger partial charge in [0.25, 0.3) is 35.4 Å². The highest BCUT2D eigenvalue weighted by Gasteiger charge is 2.46. The number of Topliss-reactive ketones (excluding diaryl/α,β-unsaturated/α-hetero) is 3. The number of nitrogens with zero attached hydrogens (tertiary/aromatic N) is 7. The van der Waals surface area contributed by atoms with Crippen molar-refractivity contribution in [3.05, 3.63) is 77.7 Å². The Labute approximate surface area is 536 Å². The number of hydrogen-bond acceptors (Lipinski definition) is 24. The van der Waals surface area contributed by atoms with Crippen LogP contribution in [0.3, 0.4) is 0 Å². The Bertz CT molecular complexity index is 2720. The molecule has 29 heteroatoms. The van der Waals surface area contributed by atoms with Crippen molar-refractivity contribution in [2.45, 2.75) is 90.9 Å². The van der Waals surface area contributed by atoms with E-state index < -0.39 is 41.8 Å². The molecule has 0 aliphatic carbocycles. The van der Waals surface area contributed by atoms with Gasteiger partial charge in [0.15, 0.2) is 5.78 Å². The van der Waals surface area contributed by atoms with E-state index in [0.29, 0.717) is 176 Å². The molecular formula is C63H91N7O22. The molecule has 4 unspecified atom stereocenters. The van der Waals surface area contributed by atoms with E-state index in [0.717, 1.165) is 25.8 Å². The summed E-state index contributed by atoms with van der Waals surface area (Å²) in [5.41, 5.74) is 2.34. The van der Waals surface area contributed by atoms with Gasteiger partial charge in [-0.1, -0.05) is 24.3 Å². The third-order valence-electron chi connectivity index (χ3n) is 13.9. The number of aromatic nitrogens is 3. The lowest BCUT2D eigenvalue weighted by atomic mass is 10.00. The van der Waals surface area contributed by atoms with Crippen LogP contribution in [0, 0.1) is 6.92 Å². The summed E-state index contributed by atoms with van der Waals surface area (Å²) < 4.78 is 66.9. The summed E-state index contributed by atoms with van der Waals surface area (Å²) in [5.74, 6) is -2.69. The van der Waals surface area contributed by atoms with Crippen molar-refractivity contribution >= 4 is 58.7 Å². The zero-order valence-corrected chi connectivity index (χ0v) is 54.0. The molecule has 0 radical (unpaired) electrons. The highest BCUT2D eigenvalue weighted by molar-refractivity contribution is 6.16. The molecule has 510 valence electrons. The van der Waals surface area contributed by atoms with Crippen molar-refractivity contribution in [1.82, 2.24) is 34.6 Å². The number of methoxy groups -OCH3 is 1. The van der Waals surface area contributed by atoms with Crippen LogP contribution >= 0.6 is 0 Å². The van der Waals surface area contributed by atoms with E-state index in [1.807, 2.05) is 32.0 Å². The average molecular weight is 1300 g/mol. The van der Waals surface area contributed by atoms with Crippen LogP contribution in [-0.2, 0) is 120 Å². The van der Waals surface area contributed by atoms with Gasteiger partial charge in [-0.05, 0) is 57.7 Å². The number of ketones is 3. The van der Waals surface area contributed by atoms with Gasteiger partial charge in [-0.25, -0.2) is 0 Å². The lowest BCUT2D eigenvalue weighted by Crippen LogP contribution is -2.46. The molecule has 29 nitrogen and oxygen atoms in total. The second-order valence-electron chi connectivity index (χ2n) is 21.2. The van der Waals surface area contributed by atoms with Gasteiger partial charge in [0.2, 0.25) is 5.91 Å². The summed E-state index contributed by atoms with van der Waals surface area (Å²) >= 11 is 0. The molecule has 5 heterocycles. The molecule has 0 spiro atoms. The van der Waals surface area contributed by atoms with Gasteiger partial charge >= 0.3 is 0 Å². The van der Waals surface area contributed by atoms with E-state index in [4.69, 9.17) is 56.8 Å². The largest absolute Gasteiger partial charge is 0.491 e. The van der Waals surface area contributed by atoms with Gasteiger partial charge in [0.1, 0.15) is 36.0 Å². The molecule has 4 aliphatic rings.